The monoisotopic (exact) mass is 452 g/mol. The molecule has 8 nitrogen and oxygen atoms in total. The molecule has 0 aliphatic heterocycles. The van der Waals surface area contributed by atoms with Crippen LogP contribution in [0.15, 0.2) is 61.2 Å². The normalized spacial score (nSPS) is 12.8. The number of carboxylic acid groups (broad SMARTS) is 1. The number of nitrogens with one attached hydrogen (secondary N) is 1. The SMILES string of the molecule is C=CCOC(=O)NCCCC[C@@H](C(=O)O)N(C(=O)OC)C1c2ccccc2-c2ccccc21. The zero-order valence-corrected chi connectivity index (χ0v) is 18.5. The first-order valence-corrected chi connectivity index (χ1v) is 10.8. The van der Waals surface area contributed by atoms with E-state index in [1.54, 1.807) is 0 Å². The van der Waals surface area contributed by atoms with Crippen LogP contribution in [0.3, 0.4) is 0 Å². The number of carboxylic acids is 1. The molecule has 0 unspecified atom stereocenters. The summed E-state index contributed by atoms with van der Waals surface area (Å²) in [6, 6.07) is 13.7. The van der Waals surface area contributed by atoms with Crippen LogP contribution in [0.25, 0.3) is 11.1 Å². The summed E-state index contributed by atoms with van der Waals surface area (Å²) < 4.78 is 9.87. The third-order valence-corrected chi connectivity index (χ3v) is 5.59. The Morgan fingerprint density at radius 2 is 1.70 bits per heavy atom. The molecule has 0 saturated carbocycles. The fourth-order valence-electron chi connectivity index (χ4n) is 4.17. The summed E-state index contributed by atoms with van der Waals surface area (Å²) in [6.07, 6.45) is 1.42. The molecule has 0 aromatic heterocycles. The summed E-state index contributed by atoms with van der Waals surface area (Å²) in [5, 5.41) is 12.6. The topological polar surface area (TPSA) is 105 Å². The van der Waals surface area contributed by atoms with Gasteiger partial charge >= 0.3 is 18.2 Å². The van der Waals surface area contributed by atoms with Gasteiger partial charge < -0.3 is 19.9 Å². The Balaban J connectivity index is 1.79. The van der Waals surface area contributed by atoms with Crippen LogP contribution in [0.4, 0.5) is 9.59 Å². The second-order valence-electron chi connectivity index (χ2n) is 7.62. The fraction of sp³-hybridized carbons (Fsp3) is 0.320. The van der Waals surface area contributed by atoms with Crippen molar-refractivity contribution in [3.63, 3.8) is 0 Å². The second kappa shape index (κ2) is 11.2. The van der Waals surface area contributed by atoms with E-state index < -0.39 is 30.2 Å². The maximum absolute atomic E-state index is 12.9. The molecule has 0 heterocycles. The lowest BCUT2D eigenvalue weighted by molar-refractivity contribution is -0.143. The molecule has 0 radical (unpaired) electrons. The van der Waals surface area contributed by atoms with Crippen molar-refractivity contribution in [2.24, 2.45) is 0 Å². The molecule has 1 aliphatic carbocycles. The second-order valence-corrected chi connectivity index (χ2v) is 7.62. The van der Waals surface area contributed by atoms with Crippen LogP contribution in [0.5, 0.6) is 0 Å². The number of benzene rings is 2. The number of unbranched alkanes of at least 4 members (excludes halogenated alkanes) is 1. The van der Waals surface area contributed by atoms with Crippen molar-refractivity contribution in [2.45, 2.75) is 31.3 Å². The standard InChI is InChI=1S/C25H28N2O6/c1-3-16-33-24(30)26-15-9-8-14-21(23(28)29)27(25(31)32-2)22-19-12-6-4-10-17(19)18-11-5-7-13-20(18)22/h3-7,10-13,21-22H,1,8-9,14-16H2,2H3,(H,26,30)(H,28,29)/t21-/m0/s1. The van der Waals surface area contributed by atoms with E-state index in [0.717, 1.165) is 22.3 Å². The van der Waals surface area contributed by atoms with Crippen LogP contribution < -0.4 is 5.32 Å². The van der Waals surface area contributed by atoms with Crippen LogP contribution in [0.2, 0.25) is 0 Å². The number of amides is 2. The molecule has 0 spiro atoms. The Hall–Kier alpha value is -3.81. The molecule has 2 amide bonds. The van der Waals surface area contributed by atoms with E-state index in [1.165, 1.54) is 18.1 Å². The van der Waals surface area contributed by atoms with Crippen molar-refractivity contribution < 1.29 is 29.0 Å². The molecule has 1 aliphatic rings. The lowest BCUT2D eigenvalue weighted by atomic mass is 9.99. The molecule has 3 rings (SSSR count). The predicted molar refractivity (Wildman–Crippen MR) is 123 cm³/mol. The molecule has 8 heteroatoms. The number of rotatable bonds is 10. The van der Waals surface area contributed by atoms with Gasteiger partial charge in [-0.1, -0.05) is 61.2 Å². The van der Waals surface area contributed by atoms with E-state index in [-0.39, 0.29) is 13.0 Å². The molecule has 0 bridgehead atoms. The van der Waals surface area contributed by atoms with Gasteiger partial charge in [0.1, 0.15) is 12.6 Å². The number of nitrogens with zero attached hydrogens (tertiary/aromatic N) is 1. The number of methoxy groups -OCH3 is 1. The summed E-state index contributed by atoms with van der Waals surface area (Å²) in [6.45, 7) is 3.92. The fourth-order valence-corrected chi connectivity index (χ4v) is 4.17. The number of hydrogen-bond acceptors (Lipinski definition) is 5. The Labute approximate surface area is 192 Å². The number of ether oxygens (including phenoxy) is 2. The van der Waals surface area contributed by atoms with E-state index >= 15 is 0 Å². The van der Waals surface area contributed by atoms with Gasteiger partial charge in [0.15, 0.2) is 0 Å². The van der Waals surface area contributed by atoms with E-state index in [1.807, 2.05) is 48.5 Å². The number of alkyl carbamates (subject to hydrolysis) is 1. The van der Waals surface area contributed by atoms with Crippen LogP contribution in [0.1, 0.15) is 36.4 Å². The number of aliphatic carboxylic acids is 1. The first-order chi connectivity index (χ1) is 16.0. The molecule has 0 saturated heterocycles. The van der Waals surface area contributed by atoms with Gasteiger partial charge in [-0.15, -0.1) is 0 Å². The highest BCUT2D eigenvalue weighted by Gasteiger charge is 2.41. The van der Waals surface area contributed by atoms with Crippen molar-refractivity contribution in [3.8, 4) is 11.1 Å². The van der Waals surface area contributed by atoms with Gasteiger partial charge in [0.05, 0.1) is 13.2 Å². The molecule has 2 N–H and O–H groups in total. The highest BCUT2D eigenvalue weighted by molar-refractivity contribution is 5.85. The summed E-state index contributed by atoms with van der Waals surface area (Å²) >= 11 is 0. The van der Waals surface area contributed by atoms with E-state index in [2.05, 4.69) is 11.9 Å². The quantitative estimate of drug-likeness (QED) is 0.410. The summed E-state index contributed by atoms with van der Waals surface area (Å²) in [7, 11) is 1.25. The van der Waals surface area contributed by atoms with Gasteiger partial charge in [-0.2, -0.15) is 0 Å². The highest BCUT2D eigenvalue weighted by Crippen LogP contribution is 2.47. The zero-order chi connectivity index (χ0) is 23.8. The van der Waals surface area contributed by atoms with Crippen LogP contribution in [0, 0.1) is 0 Å². The van der Waals surface area contributed by atoms with Crippen molar-refractivity contribution in [3.05, 3.63) is 72.3 Å². The Bertz CT molecular complexity index is 976. The minimum absolute atomic E-state index is 0.116. The number of carbonyl (C=O) groups is 3. The number of carbonyl (C=O) groups excluding carboxylic acids is 2. The summed E-state index contributed by atoms with van der Waals surface area (Å²) in [4.78, 5) is 38.0. The van der Waals surface area contributed by atoms with Crippen LogP contribution in [-0.2, 0) is 14.3 Å². The van der Waals surface area contributed by atoms with Gasteiger partial charge in [-0.05, 0) is 41.5 Å². The highest BCUT2D eigenvalue weighted by atomic mass is 16.5. The van der Waals surface area contributed by atoms with Gasteiger partial charge in [0.2, 0.25) is 0 Å². The lowest BCUT2D eigenvalue weighted by Crippen LogP contribution is -2.47. The summed E-state index contributed by atoms with van der Waals surface area (Å²) in [5.41, 5.74) is 3.67. The Kier molecular flexibility index (Phi) is 8.07. The largest absolute Gasteiger partial charge is 0.480 e. The van der Waals surface area contributed by atoms with Crippen molar-refractivity contribution in [1.29, 1.82) is 0 Å². The van der Waals surface area contributed by atoms with Gasteiger partial charge in [-0.25, -0.2) is 14.4 Å². The minimum atomic E-state index is -1.11. The average molecular weight is 453 g/mol. The van der Waals surface area contributed by atoms with Gasteiger partial charge in [0.25, 0.3) is 0 Å². The Morgan fingerprint density at radius 1 is 1.09 bits per heavy atom. The van der Waals surface area contributed by atoms with Gasteiger partial charge in [-0.3, -0.25) is 4.90 Å². The van der Waals surface area contributed by atoms with Crippen molar-refractivity contribution in [2.75, 3.05) is 20.3 Å². The molecular weight excluding hydrogens is 424 g/mol. The number of hydrogen-bond donors (Lipinski definition) is 2. The molecule has 2 aromatic rings. The first kappa shape index (κ1) is 23.8. The third-order valence-electron chi connectivity index (χ3n) is 5.59. The maximum Gasteiger partial charge on any atom is 0.411 e. The van der Waals surface area contributed by atoms with Gasteiger partial charge in [0, 0.05) is 6.54 Å². The zero-order valence-electron chi connectivity index (χ0n) is 18.5. The Morgan fingerprint density at radius 3 is 2.24 bits per heavy atom. The van der Waals surface area contributed by atoms with E-state index in [0.29, 0.717) is 19.4 Å². The molecule has 174 valence electrons. The molecule has 1 atom stereocenters. The molecule has 33 heavy (non-hydrogen) atoms. The predicted octanol–water partition coefficient (Wildman–Crippen LogP) is 4.36. The lowest BCUT2D eigenvalue weighted by Gasteiger charge is -2.34. The third kappa shape index (κ3) is 5.34. The minimum Gasteiger partial charge on any atom is -0.480 e. The van der Waals surface area contributed by atoms with Crippen LogP contribution in [-0.4, -0.2) is 54.5 Å². The van der Waals surface area contributed by atoms with Crippen molar-refractivity contribution >= 4 is 18.2 Å². The van der Waals surface area contributed by atoms with Crippen molar-refractivity contribution in [1.82, 2.24) is 10.2 Å². The molecule has 0 fully saturated rings. The average Bonchev–Trinajstić information content (AvgIpc) is 3.15. The number of fused-ring (bicyclic) bond motifs is 3. The van der Waals surface area contributed by atoms with E-state index in [4.69, 9.17) is 9.47 Å². The maximum atomic E-state index is 12.9. The smallest absolute Gasteiger partial charge is 0.411 e. The summed E-state index contributed by atoms with van der Waals surface area (Å²) in [5.74, 6) is -1.11. The molecular formula is C25H28N2O6. The van der Waals surface area contributed by atoms with E-state index in [9.17, 15) is 19.5 Å². The molecule has 2 aromatic carbocycles. The van der Waals surface area contributed by atoms with Crippen LogP contribution >= 0.6 is 0 Å². The first-order valence-electron chi connectivity index (χ1n) is 10.8.